The van der Waals surface area contributed by atoms with Crippen molar-refractivity contribution in [3.63, 3.8) is 0 Å². The lowest BCUT2D eigenvalue weighted by Gasteiger charge is -2.22. The van der Waals surface area contributed by atoms with Gasteiger partial charge in [0.25, 0.3) is 0 Å². The molecule has 1 aliphatic heterocycles. The molecular weight excluding hydrogens is 506 g/mol. The van der Waals surface area contributed by atoms with Gasteiger partial charge in [-0.1, -0.05) is 18.2 Å². The van der Waals surface area contributed by atoms with Crippen molar-refractivity contribution in [3.05, 3.63) is 71.5 Å². The number of carbonyl (C=O) groups is 1. The first-order valence-electron chi connectivity index (χ1n) is 13.4. The Morgan fingerprint density at radius 2 is 1.88 bits per heavy atom. The van der Waals surface area contributed by atoms with E-state index in [1.165, 1.54) is 5.56 Å². The van der Waals surface area contributed by atoms with Crippen LogP contribution in [-0.4, -0.2) is 45.8 Å². The van der Waals surface area contributed by atoms with Crippen LogP contribution in [0.5, 0.6) is 17.6 Å². The number of aromatic nitrogens is 3. The molecular formula is C32H29N3O5. The average Bonchev–Trinajstić information content (AvgIpc) is 2.94. The Balaban J connectivity index is 1.60. The van der Waals surface area contributed by atoms with Crippen LogP contribution in [0, 0.1) is 6.92 Å². The summed E-state index contributed by atoms with van der Waals surface area (Å²) in [6, 6.07) is 14.4. The number of carboxylic acids is 1. The minimum absolute atomic E-state index is 0.0977. The monoisotopic (exact) mass is 535 g/mol. The van der Waals surface area contributed by atoms with Gasteiger partial charge < -0.3 is 19.3 Å². The number of nitrogens with zero attached hydrogens (tertiary/aromatic N) is 3. The molecule has 1 N–H and O–H groups in total. The number of hydrogen-bond donors (Lipinski definition) is 1. The van der Waals surface area contributed by atoms with Crippen LogP contribution in [-0.2, 0) is 17.6 Å². The summed E-state index contributed by atoms with van der Waals surface area (Å²) in [4.78, 5) is 25.6. The Hall–Kier alpha value is -4.72. The van der Waals surface area contributed by atoms with Crippen molar-refractivity contribution in [1.82, 2.24) is 15.0 Å². The molecule has 2 aromatic heterocycles. The number of rotatable bonds is 8. The van der Waals surface area contributed by atoms with Crippen LogP contribution in [0.1, 0.15) is 30.5 Å². The zero-order chi connectivity index (χ0) is 27.8. The molecule has 5 aromatic rings. The van der Waals surface area contributed by atoms with Crippen LogP contribution in [0.3, 0.4) is 0 Å². The lowest BCUT2D eigenvalue weighted by atomic mass is 9.86. The van der Waals surface area contributed by atoms with Crippen LogP contribution < -0.4 is 14.2 Å². The quantitative estimate of drug-likeness (QED) is 0.251. The van der Waals surface area contributed by atoms with Crippen LogP contribution in [0.4, 0.5) is 0 Å². The first-order chi connectivity index (χ1) is 19.5. The highest BCUT2D eigenvalue weighted by Crippen LogP contribution is 2.43. The zero-order valence-corrected chi connectivity index (χ0v) is 22.7. The van der Waals surface area contributed by atoms with Crippen molar-refractivity contribution in [2.75, 3.05) is 19.8 Å². The number of hydrogen-bond acceptors (Lipinski definition) is 7. The second-order valence-corrected chi connectivity index (χ2v) is 9.69. The minimum atomic E-state index is -0.882. The number of pyridine rings is 1. The highest BCUT2D eigenvalue weighted by Gasteiger charge is 2.23. The molecule has 0 atom stereocenters. The summed E-state index contributed by atoms with van der Waals surface area (Å²) in [5, 5.41) is 12.7. The van der Waals surface area contributed by atoms with Gasteiger partial charge in [0.1, 0.15) is 5.75 Å². The summed E-state index contributed by atoms with van der Waals surface area (Å²) >= 11 is 0. The lowest BCUT2D eigenvalue weighted by molar-refractivity contribution is -0.136. The van der Waals surface area contributed by atoms with E-state index in [-0.39, 0.29) is 12.4 Å². The molecule has 0 saturated heterocycles. The van der Waals surface area contributed by atoms with Gasteiger partial charge in [0.2, 0.25) is 5.88 Å². The van der Waals surface area contributed by atoms with Crippen molar-refractivity contribution >= 4 is 27.6 Å². The Morgan fingerprint density at radius 3 is 2.67 bits per heavy atom. The van der Waals surface area contributed by atoms with Crippen LogP contribution in [0.25, 0.3) is 43.9 Å². The third-order valence-electron chi connectivity index (χ3n) is 7.23. The van der Waals surface area contributed by atoms with Crippen molar-refractivity contribution in [2.45, 2.75) is 33.6 Å². The Labute approximate surface area is 231 Å². The number of ether oxygens (including phenoxy) is 3. The Morgan fingerprint density at radius 1 is 1.02 bits per heavy atom. The maximum Gasteiger partial charge on any atom is 0.319 e. The predicted octanol–water partition coefficient (Wildman–Crippen LogP) is 6.18. The second kappa shape index (κ2) is 10.4. The van der Waals surface area contributed by atoms with Gasteiger partial charge in [-0.05, 0) is 83.6 Å². The van der Waals surface area contributed by atoms with Crippen molar-refractivity contribution in [1.29, 1.82) is 0 Å². The van der Waals surface area contributed by atoms with E-state index in [0.29, 0.717) is 25.7 Å². The molecule has 8 heteroatoms. The van der Waals surface area contributed by atoms with Gasteiger partial charge in [0, 0.05) is 29.8 Å². The van der Waals surface area contributed by atoms with E-state index in [0.717, 1.165) is 67.2 Å². The molecule has 1 aliphatic rings. The number of aliphatic carboxylic acids is 1. The highest BCUT2D eigenvalue weighted by molar-refractivity contribution is 6.09. The molecule has 0 amide bonds. The maximum absolute atomic E-state index is 12.0. The van der Waals surface area contributed by atoms with E-state index in [2.05, 4.69) is 16.0 Å². The predicted molar refractivity (Wildman–Crippen MR) is 153 cm³/mol. The Bertz CT molecular complexity index is 1770. The molecule has 6 rings (SSSR count). The maximum atomic E-state index is 12.0. The molecule has 0 saturated carbocycles. The summed E-state index contributed by atoms with van der Waals surface area (Å²) < 4.78 is 17.3. The fourth-order valence-electron chi connectivity index (χ4n) is 5.54. The van der Waals surface area contributed by atoms with Gasteiger partial charge in [-0.2, -0.15) is 4.98 Å². The number of carboxylic acid groups (broad SMARTS) is 1. The minimum Gasteiger partial charge on any atom is -0.493 e. The molecule has 0 unspecified atom stereocenters. The fraction of sp³-hybridized carbons (Fsp3) is 0.250. The van der Waals surface area contributed by atoms with Crippen molar-refractivity contribution < 1.29 is 24.1 Å². The number of fused-ring (bicyclic) bond motifs is 1. The van der Waals surface area contributed by atoms with E-state index in [9.17, 15) is 9.90 Å². The normalized spacial score (nSPS) is 12.4. The van der Waals surface area contributed by atoms with Crippen LogP contribution in [0.15, 0.2) is 54.9 Å². The van der Waals surface area contributed by atoms with E-state index in [1.807, 2.05) is 63.4 Å². The van der Waals surface area contributed by atoms with E-state index >= 15 is 0 Å². The van der Waals surface area contributed by atoms with Crippen LogP contribution in [0.2, 0.25) is 0 Å². The first-order valence-corrected chi connectivity index (χ1v) is 13.4. The molecule has 8 nitrogen and oxygen atoms in total. The topological polar surface area (TPSA) is 104 Å². The SMILES string of the molecule is CCOc1ncc(-c2ccc3c(-c4ccc5c6c(ccnc46)CCO5)c(CC(=O)O)c(C)cc3c2)c(OCC)n1. The van der Waals surface area contributed by atoms with Gasteiger partial charge in [0.05, 0.1) is 37.3 Å². The van der Waals surface area contributed by atoms with Gasteiger partial charge in [-0.25, -0.2) is 4.98 Å². The number of aryl methyl sites for hydroxylation is 1. The molecule has 40 heavy (non-hydrogen) atoms. The van der Waals surface area contributed by atoms with E-state index < -0.39 is 5.97 Å². The molecule has 0 aliphatic carbocycles. The largest absolute Gasteiger partial charge is 0.493 e. The van der Waals surface area contributed by atoms with Crippen molar-refractivity contribution in [3.8, 4) is 39.9 Å². The first kappa shape index (κ1) is 25.6. The van der Waals surface area contributed by atoms with E-state index in [4.69, 9.17) is 19.2 Å². The average molecular weight is 536 g/mol. The molecule has 0 spiro atoms. The fourth-order valence-corrected chi connectivity index (χ4v) is 5.54. The zero-order valence-electron chi connectivity index (χ0n) is 22.7. The van der Waals surface area contributed by atoms with Gasteiger partial charge in [-0.3, -0.25) is 9.78 Å². The van der Waals surface area contributed by atoms with Crippen LogP contribution >= 0.6 is 0 Å². The van der Waals surface area contributed by atoms with Crippen molar-refractivity contribution in [2.24, 2.45) is 0 Å². The van der Waals surface area contributed by atoms with E-state index in [1.54, 1.807) is 6.20 Å². The molecule has 3 aromatic carbocycles. The summed E-state index contributed by atoms with van der Waals surface area (Å²) in [6.45, 7) is 7.29. The summed E-state index contributed by atoms with van der Waals surface area (Å²) in [6.07, 6.45) is 4.25. The standard InChI is InChI=1S/C32H29N3O5/c1-4-38-31-25(17-34-32(35-31)39-5-2)20-6-7-22-21(15-20)14-18(3)24(16-27(36)37)29(22)23-8-9-26-28-19(11-13-40-26)10-12-33-30(23)28/h6-10,12,14-15,17H,4-5,11,13,16H2,1-3H3,(H,36,37). The summed E-state index contributed by atoms with van der Waals surface area (Å²) in [5.41, 5.74) is 7.07. The third kappa shape index (κ3) is 4.45. The lowest BCUT2D eigenvalue weighted by Crippen LogP contribution is -2.10. The van der Waals surface area contributed by atoms with Gasteiger partial charge >= 0.3 is 12.0 Å². The molecule has 0 radical (unpaired) electrons. The Kier molecular flexibility index (Phi) is 6.67. The highest BCUT2D eigenvalue weighted by atomic mass is 16.5. The molecule has 0 bridgehead atoms. The summed E-state index contributed by atoms with van der Waals surface area (Å²) in [5.74, 6) is 0.380. The molecule has 0 fully saturated rings. The van der Waals surface area contributed by atoms with Gasteiger partial charge in [0.15, 0.2) is 0 Å². The molecule has 202 valence electrons. The molecule has 3 heterocycles. The summed E-state index contributed by atoms with van der Waals surface area (Å²) in [7, 11) is 0. The third-order valence-corrected chi connectivity index (χ3v) is 7.23. The van der Waals surface area contributed by atoms with Gasteiger partial charge in [-0.15, -0.1) is 0 Å². The second-order valence-electron chi connectivity index (χ2n) is 9.69. The number of benzene rings is 3. The smallest absolute Gasteiger partial charge is 0.319 e.